The number of anilines is 1. The molecule has 5 rings (SSSR count). The minimum Gasteiger partial charge on any atom is -0.486 e. The summed E-state index contributed by atoms with van der Waals surface area (Å²) in [4.78, 5) is 26.0. The van der Waals surface area contributed by atoms with Crippen molar-refractivity contribution in [3.05, 3.63) is 33.7 Å². The maximum absolute atomic E-state index is 11.9. The van der Waals surface area contributed by atoms with Crippen LogP contribution in [0.5, 0.6) is 5.75 Å². The minimum atomic E-state index is -0.230. The van der Waals surface area contributed by atoms with E-state index < -0.39 is 0 Å². The molecule has 3 aromatic heterocycles. The Morgan fingerprint density at radius 2 is 2.14 bits per heavy atom. The number of carbonyl (C=O) groups excluding carboxylic acids is 1. The molecule has 0 aromatic carbocycles. The lowest BCUT2D eigenvalue weighted by Gasteiger charge is -2.28. The van der Waals surface area contributed by atoms with E-state index >= 15 is 0 Å². The Morgan fingerprint density at radius 1 is 1.30 bits per heavy atom. The number of hydrogen-bond donors (Lipinski definition) is 1. The number of nitriles is 1. The molecule has 0 amide bonds. The van der Waals surface area contributed by atoms with Crippen LogP contribution in [0.3, 0.4) is 0 Å². The van der Waals surface area contributed by atoms with Crippen LogP contribution in [0.15, 0.2) is 16.8 Å². The van der Waals surface area contributed by atoms with Gasteiger partial charge in [-0.25, -0.2) is 9.97 Å². The first-order chi connectivity index (χ1) is 18.0. The molecule has 2 saturated carbocycles. The first kappa shape index (κ1) is 25.4. The summed E-state index contributed by atoms with van der Waals surface area (Å²) in [6.45, 7) is 0.390. The zero-order chi connectivity index (χ0) is 25.8. The van der Waals surface area contributed by atoms with Gasteiger partial charge in [0.2, 0.25) is 5.89 Å². The molecule has 1 N–H and O–H groups in total. The largest absolute Gasteiger partial charge is 0.486 e. The van der Waals surface area contributed by atoms with E-state index in [1.165, 1.54) is 43.9 Å². The van der Waals surface area contributed by atoms with Crippen LogP contribution in [0.25, 0.3) is 10.7 Å². The molecule has 10 nitrogen and oxygen atoms in total. The van der Waals surface area contributed by atoms with Gasteiger partial charge in [0.15, 0.2) is 17.3 Å². The minimum absolute atomic E-state index is 0.132. The van der Waals surface area contributed by atoms with Crippen molar-refractivity contribution in [2.45, 2.75) is 64.0 Å². The molecule has 3 heterocycles. The molecule has 0 aliphatic heterocycles. The summed E-state index contributed by atoms with van der Waals surface area (Å²) in [5, 5.41) is 17.0. The van der Waals surface area contributed by atoms with Gasteiger partial charge in [-0.2, -0.15) is 10.2 Å². The second-order valence-corrected chi connectivity index (χ2v) is 11.1. The number of methoxy groups -OCH3 is 1. The van der Waals surface area contributed by atoms with Gasteiger partial charge < -0.3 is 19.3 Å². The van der Waals surface area contributed by atoms with Crippen molar-refractivity contribution in [3.8, 4) is 22.5 Å². The third kappa shape index (κ3) is 6.02. The fraction of sp³-hybridized carbons (Fsp3) is 0.520. The van der Waals surface area contributed by atoms with Crippen LogP contribution in [0.1, 0.15) is 62.1 Å². The molecule has 0 saturated heterocycles. The van der Waals surface area contributed by atoms with Gasteiger partial charge in [-0.3, -0.25) is 4.79 Å². The fourth-order valence-corrected chi connectivity index (χ4v) is 5.91. The molecule has 2 atom stereocenters. The first-order valence-corrected chi connectivity index (χ1v) is 13.6. The highest BCUT2D eigenvalue weighted by atomic mass is 35.5. The SMILES string of the molecule is COC(=O)[C@H]1CCC[C@H](Oc2cnc(-c3sc(Cl)cc3CNc3noc(CC4CCC4)n3)nc2C#N)C1. The van der Waals surface area contributed by atoms with Crippen molar-refractivity contribution in [2.75, 3.05) is 12.4 Å². The van der Waals surface area contributed by atoms with Gasteiger partial charge in [0.05, 0.1) is 34.5 Å². The van der Waals surface area contributed by atoms with Crippen LogP contribution in [-0.4, -0.2) is 39.3 Å². The Hall–Kier alpha value is -3.23. The van der Waals surface area contributed by atoms with E-state index in [0.29, 0.717) is 46.6 Å². The molecular formula is C25H27ClN6O4S. The van der Waals surface area contributed by atoms with Crippen molar-refractivity contribution in [2.24, 2.45) is 11.8 Å². The molecule has 0 bridgehead atoms. The molecule has 37 heavy (non-hydrogen) atoms. The maximum Gasteiger partial charge on any atom is 0.308 e. The van der Waals surface area contributed by atoms with Gasteiger partial charge in [0.1, 0.15) is 6.07 Å². The number of rotatable bonds is 9. The van der Waals surface area contributed by atoms with Gasteiger partial charge in [0, 0.05) is 13.0 Å². The Bertz CT molecular complexity index is 1300. The average Bonchev–Trinajstić information content (AvgIpc) is 3.50. The zero-order valence-corrected chi connectivity index (χ0v) is 22.0. The normalized spacial score (nSPS) is 19.6. The smallest absolute Gasteiger partial charge is 0.308 e. The predicted molar refractivity (Wildman–Crippen MR) is 136 cm³/mol. The molecule has 0 spiro atoms. The summed E-state index contributed by atoms with van der Waals surface area (Å²) in [6.07, 6.45) is 8.75. The van der Waals surface area contributed by atoms with E-state index in [-0.39, 0.29) is 23.7 Å². The van der Waals surface area contributed by atoms with Crippen LogP contribution < -0.4 is 10.1 Å². The summed E-state index contributed by atoms with van der Waals surface area (Å²) in [7, 11) is 1.39. The summed E-state index contributed by atoms with van der Waals surface area (Å²) in [5.74, 6) is 1.95. The number of aromatic nitrogens is 4. The van der Waals surface area contributed by atoms with Crippen molar-refractivity contribution >= 4 is 34.9 Å². The average molecular weight is 543 g/mol. The number of nitrogens with zero attached hydrogens (tertiary/aromatic N) is 5. The molecule has 194 valence electrons. The van der Waals surface area contributed by atoms with Gasteiger partial charge >= 0.3 is 5.97 Å². The molecule has 12 heteroatoms. The highest BCUT2D eigenvalue weighted by molar-refractivity contribution is 7.19. The number of esters is 1. The lowest BCUT2D eigenvalue weighted by Crippen LogP contribution is -2.30. The molecule has 0 unspecified atom stereocenters. The van der Waals surface area contributed by atoms with E-state index in [4.69, 9.17) is 25.6 Å². The van der Waals surface area contributed by atoms with Gasteiger partial charge in [-0.05, 0) is 61.2 Å². The Balaban J connectivity index is 1.27. The van der Waals surface area contributed by atoms with E-state index in [2.05, 4.69) is 31.5 Å². The van der Waals surface area contributed by atoms with E-state index in [1.54, 1.807) is 0 Å². The van der Waals surface area contributed by atoms with Gasteiger partial charge in [0.25, 0.3) is 5.95 Å². The Kier molecular flexibility index (Phi) is 7.86. The lowest BCUT2D eigenvalue weighted by atomic mass is 9.83. The fourth-order valence-electron chi connectivity index (χ4n) is 4.70. The lowest BCUT2D eigenvalue weighted by molar-refractivity contribution is -0.147. The highest BCUT2D eigenvalue weighted by Gasteiger charge is 2.30. The number of hydrogen-bond acceptors (Lipinski definition) is 11. The topological polar surface area (TPSA) is 136 Å². The summed E-state index contributed by atoms with van der Waals surface area (Å²) in [5.41, 5.74) is 0.985. The Morgan fingerprint density at radius 3 is 2.89 bits per heavy atom. The zero-order valence-electron chi connectivity index (χ0n) is 20.4. The molecular weight excluding hydrogens is 516 g/mol. The van der Waals surface area contributed by atoms with Crippen molar-refractivity contribution in [3.63, 3.8) is 0 Å². The third-order valence-electron chi connectivity index (χ3n) is 6.89. The second-order valence-electron chi connectivity index (χ2n) is 9.42. The van der Waals surface area contributed by atoms with Gasteiger partial charge in [-0.15, -0.1) is 11.3 Å². The summed E-state index contributed by atoms with van der Waals surface area (Å²) in [6, 6.07) is 3.94. The highest BCUT2D eigenvalue weighted by Crippen LogP contribution is 2.36. The molecule has 2 aliphatic carbocycles. The number of nitrogens with one attached hydrogen (secondary N) is 1. The molecule has 0 radical (unpaired) electrons. The maximum atomic E-state index is 11.9. The predicted octanol–water partition coefficient (Wildman–Crippen LogP) is 5.18. The molecule has 2 fully saturated rings. The number of ether oxygens (including phenoxy) is 2. The standard InChI is InChI=1S/C25H27ClN6O4S/c1-34-24(33)15-6-3-7-17(9-15)35-19-13-28-23(30-18(19)11-27)22-16(10-20(26)37-22)12-29-25-31-21(36-32-25)8-14-4-2-5-14/h10,13-15,17H,2-9,12H2,1H3,(H,29,32)/t15-,17-/m0/s1. The summed E-state index contributed by atoms with van der Waals surface area (Å²) < 4.78 is 16.9. The van der Waals surface area contributed by atoms with Gasteiger partial charge in [-0.1, -0.05) is 18.0 Å². The van der Waals surface area contributed by atoms with Crippen LogP contribution in [0, 0.1) is 23.2 Å². The van der Waals surface area contributed by atoms with Crippen LogP contribution in [-0.2, 0) is 22.5 Å². The van der Waals surface area contributed by atoms with Crippen molar-refractivity contribution in [1.29, 1.82) is 5.26 Å². The third-order valence-corrected chi connectivity index (χ3v) is 8.19. The van der Waals surface area contributed by atoms with E-state index in [0.717, 1.165) is 36.1 Å². The number of thiophene rings is 1. The monoisotopic (exact) mass is 542 g/mol. The quantitative estimate of drug-likeness (QED) is 0.360. The van der Waals surface area contributed by atoms with Crippen molar-refractivity contribution in [1.82, 2.24) is 20.1 Å². The van der Waals surface area contributed by atoms with Crippen LogP contribution in [0.2, 0.25) is 4.34 Å². The second kappa shape index (κ2) is 11.4. The number of carbonyl (C=O) groups is 1. The van der Waals surface area contributed by atoms with E-state index in [1.807, 2.05) is 6.07 Å². The first-order valence-electron chi connectivity index (χ1n) is 12.4. The van der Waals surface area contributed by atoms with Crippen molar-refractivity contribution < 1.29 is 18.8 Å². The summed E-state index contributed by atoms with van der Waals surface area (Å²) >= 11 is 7.65. The van der Waals surface area contributed by atoms with E-state index in [9.17, 15) is 10.1 Å². The van der Waals surface area contributed by atoms with Crippen LogP contribution >= 0.6 is 22.9 Å². The molecule has 3 aromatic rings. The molecule has 2 aliphatic rings. The van der Waals surface area contributed by atoms with Crippen LogP contribution in [0.4, 0.5) is 5.95 Å². The Labute approximate surface area is 223 Å². The number of halogens is 1.